The van der Waals surface area contributed by atoms with Crippen molar-refractivity contribution in [1.82, 2.24) is 0 Å². The van der Waals surface area contributed by atoms with Gasteiger partial charge >= 0.3 is 151 Å². The third kappa shape index (κ3) is 1.30. The number of para-hydroxylation sites is 4. The fourth-order valence-electron chi connectivity index (χ4n) is 4.16. The predicted octanol–water partition coefficient (Wildman–Crippen LogP) is 4.64. The third-order valence-corrected chi connectivity index (χ3v) is 15.7. The standard InChI is InChI=1S/C16H20N2O6P2/c1-19-25(20-2)17(13-9-5-7-11-15(13)23-25)26(21-3,22-4)18(25)14-10-6-8-12-16(14)24-26/h5-12H,1-4H3. The van der Waals surface area contributed by atoms with E-state index in [-0.39, 0.29) is 0 Å². The van der Waals surface area contributed by atoms with Crippen molar-refractivity contribution >= 4 is 26.5 Å². The molecule has 0 radical (unpaired) electrons. The Labute approximate surface area is 151 Å². The number of nitrogens with zero attached hydrogens (tertiary/aromatic N) is 2. The summed E-state index contributed by atoms with van der Waals surface area (Å²) in [5.41, 5.74) is 1.50. The molecule has 0 saturated carbocycles. The summed E-state index contributed by atoms with van der Waals surface area (Å²) in [6.07, 6.45) is 0. The van der Waals surface area contributed by atoms with Crippen LogP contribution < -0.4 is 17.9 Å². The molecule has 0 aromatic heterocycles. The average molecular weight is 398 g/mol. The summed E-state index contributed by atoms with van der Waals surface area (Å²) in [5, 5.41) is 0. The normalized spacial score (nSPS) is 26.9. The molecule has 3 aliphatic rings. The van der Waals surface area contributed by atoms with E-state index in [0.29, 0.717) is 11.5 Å². The molecule has 3 aliphatic heterocycles. The maximum atomic E-state index is 6.43. The number of hydrogen-bond acceptors (Lipinski definition) is 8. The molecule has 0 atom stereocenters. The van der Waals surface area contributed by atoms with E-state index in [2.05, 4.69) is 0 Å². The fraction of sp³-hybridized carbons (Fsp3) is 0.250. The summed E-state index contributed by atoms with van der Waals surface area (Å²) in [5.74, 6) is 1.25. The first-order chi connectivity index (χ1) is 12.5. The van der Waals surface area contributed by atoms with E-state index >= 15 is 0 Å². The zero-order valence-electron chi connectivity index (χ0n) is 14.9. The second-order valence-electron chi connectivity index (χ2n) is 6.03. The molecule has 5 rings (SSSR count). The molecule has 2 aromatic carbocycles. The van der Waals surface area contributed by atoms with Gasteiger partial charge in [-0.1, -0.05) is 0 Å². The number of rotatable bonds is 4. The molecule has 1 saturated heterocycles. The van der Waals surface area contributed by atoms with E-state index in [9.17, 15) is 0 Å². The van der Waals surface area contributed by atoms with Gasteiger partial charge in [-0.3, -0.25) is 0 Å². The summed E-state index contributed by atoms with van der Waals surface area (Å²) in [6, 6.07) is 15.2. The van der Waals surface area contributed by atoms with Crippen LogP contribution in [0.5, 0.6) is 11.5 Å². The van der Waals surface area contributed by atoms with Gasteiger partial charge in [0.1, 0.15) is 0 Å². The van der Waals surface area contributed by atoms with Gasteiger partial charge in [-0.15, -0.1) is 0 Å². The molecule has 0 bridgehead atoms. The zero-order valence-corrected chi connectivity index (χ0v) is 16.6. The molecule has 10 heteroatoms. The van der Waals surface area contributed by atoms with Gasteiger partial charge in [0.25, 0.3) is 0 Å². The quantitative estimate of drug-likeness (QED) is 0.691. The van der Waals surface area contributed by atoms with Crippen LogP contribution in [0.2, 0.25) is 0 Å². The molecule has 0 aliphatic carbocycles. The van der Waals surface area contributed by atoms with Crippen LogP contribution in [-0.4, -0.2) is 28.4 Å². The number of anilines is 2. The Hall–Kier alpha value is -1.66. The van der Waals surface area contributed by atoms with Crippen molar-refractivity contribution < 1.29 is 27.1 Å². The van der Waals surface area contributed by atoms with Gasteiger partial charge in [0.05, 0.1) is 0 Å². The van der Waals surface area contributed by atoms with Crippen molar-refractivity contribution in [2.24, 2.45) is 0 Å². The van der Waals surface area contributed by atoms with Gasteiger partial charge in [0, 0.05) is 0 Å². The molecular weight excluding hydrogens is 378 g/mol. The van der Waals surface area contributed by atoms with Crippen molar-refractivity contribution in [1.29, 1.82) is 0 Å². The second-order valence-corrected chi connectivity index (χ2v) is 13.3. The summed E-state index contributed by atoms with van der Waals surface area (Å²) in [6.45, 7) is 0. The third-order valence-electron chi connectivity index (χ3n) is 5.19. The van der Waals surface area contributed by atoms with Crippen LogP contribution >= 0.6 is 15.2 Å². The molecule has 2 aromatic rings. The predicted molar refractivity (Wildman–Crippen MR) is 101 cm³/mol. The zero-order chi connectivity index (χ0) is 18.3. The number of hydrogen-bond donors (Lipinski definition) is 0. The van der Waals surface area contributed by atoms with E-state index in [4.69, 9.17) is 27.1 Å². The van der Waals surface area contributed by atoms with Gasteiger partial charge in [-0.2, -0.15) is 0 Å². The fourth-order valence-corrected chi connectivity index (χ4v) is 16.3. The van der Waals surface area contributed by atoms with Gasteiger partial charge < -0.3 is 0 Å². The first-order valence-corrected chi connectivity index (χ1v) is 11.8. The van der Waals surface area contributed by atoms with E-state index in [1.165, 1.54) is 0 Å². The average Bonchev–Trinajstić information content (AvgIpc) is 3.13. The monoisotopic (exact) mass is 398 g/mol. The molecule has 0 unspecified atom stereocenters. The summed E-state index contributed by atoms with van der Waals surface area (Å²) in [7, 11) is -1.80. The van der Waals surface area contributed by atoms with Crippen molar-refractivity contribution in [3.8, 4) is 11.5 Å². The molecule has 0 N–H and O–H groups in total. The molecule has 0 amide bonds. The van der Waals surface area contributed by atoms with Crippen molar-refractivity contribution in [2.75, 3.05) is 37.3 Å². The molecule has 3 heterocycles. The SMILES string of the molecule is COP12(OC)Oc3ccccc3N1P1(OC)(OC)Oc3ccccc3N21. The van der Waals surface area contributed by atoms with Crippen LogP contribution in [0.3, 0.4) is 0 Å². The Morgan fingerprint density at radius 3 is 1.31 bits per heavy atom. The van der Waals surface area contributed by atoms with Gasteiger partial charge in [-0.25, -0.2) is 0 Å². The Morgan fingerprint density at radius 2 is 0.962 bits per heavy atom. The summed E-state index contributed by atoms with van der Waals surface area (Å²) >= 11 is 0. The van der Waals surface area contributed by atoms with Crippen molar-refractivity contribution in [3.63, 3.8) is 0 Å². The van der Waals surface area contributed by atoms with E-state index < -0.39 is 15.2 Å². The number of benzene rings is 2. The van der Waals surface area contributed by atoms with Crippen LogP contribution in [0.1, 0.15) is 0 Å². The topological polar surface area (TPSA) is 61.9 Å². The molecular formula is C16H20N2O6P2. The van der Waals surface area contributed by atoms with Crippen LogP contribution in [0.25, 0.3) is 0 Å². The van der Waals surface area contributed by atoms with Crippen LogP contribution in [0, 0.1) is 0 Å². The Bertz CT molecular complexity index is 841. The van der Waals surface area contributed by atoms with E-state index in [1.807, 2.05) is 57.4 Å². The Kier molecular flexibility index (Phi) is 2.92. The minimum absolute atomic E-state index is 0.627. The first kappa shape index (κ1) is 16.5. The van der Waals surface area contributed by atoms with Gasteiger partial charge in [0.2, 0.25) is 0 Å². The maximum absolute atomic E-state index is 6.43. The van der Waals surface area contributed by atoms with Crippen LogP contribution in [0.15, 0.2) is 48.5 Å². The van der Waals surface area contributed by atoms with Crippen LogP contribution in [-0.2, 0) is 18.1 Å². The Balaban J connectivity index is 1.90. The van der Waals surface area contributed by atoms with Crippen molar-refractivity contribution in [2.45, 2.75) is 0 Å². The van der Waals surface area contributed by atoms with E-state index in [0.717, 1.165) is 11.4 Å². The molecule has 0 spiro atoms. The van der Waals surface area contributed by atoms with Gasteiger partial charge in [-0.05, 0) is 0 Å². The molecule has 140 valence electrons. The van der Waals surface area contributed by atoms with Gasteiger partial charge in [0.15, 0.2) is 0 Å². The molecule has 26 heavy (non-hydrogen) atoms. The molecule has 1 fully saturated rings. The molecule has 8 nitrogen and oxygen atoms in total. The summed E-state index contributed by atoms with van der Waals surface area (Å²) < 4.78 is 40.8. The first-order valence-electron chi connectivity index (χ1n) is 8.04. The van der Waals surface area contributed by atoms with Crippen LogP contribution in [0.4, 0.5) is 11.4 Å². The Morgan fingerprint density at radius 1 is 0.615 bits per heavy atom. The minimum atomic E-state index is -4.03. The summed E-state index contributed by atoms with van der Waals surface area (Å²) in [4.78, 5) is 0. The van der Waals surface area contributed by atoms with Crippen molar-refractivity contribution in [3.05, 3.63) is 48.5 Å². The van der Waals surface area contributed by atoms with E-state index in [1.54, 1.807) is 28.4 Å². The number of fused-ring (bicyclic) bond motifs is 8. The second kappa shape index (κ2) is 4.60.